The van der Waals surface area contributed by atoms with Crippen LogP contribution in [0, 0.1) is 5.82 Å². The number of nitrogens with zero attached hydrogens (tertiary/aromatic N) is 5. The number of rotatable bonds is 8. The van der Waals surface area contributed by atoms with Crippen molar-refractivity contribution in [1.82, 2.24) is 24.7 Å². The highest BCUT2D eigenvalue weighted by Gasteiger charge is 2.20. The maximum Gasteiger partial charge on any atom is 0.230 e. The molecule has 0 radical (unpaired) electrons. The first-order valence-electron chi connectivity index (χ1n) is 12.0. The predicted molar refractivity (Wildman–Crippen MR) is 133 cm³/mol. The molecule has 0 bridgehead atoms. The molecule has 1 aliphatic rings. The van der Waals surface area contributed by atoms with Crippen molar-refractivity contribution in [2.75, 3.05) is 10.6 Å². The molecule has 1 saturated carbocycles. The quantitative estimate of drug-likeness (QED) is 0.374. The first-order chi connectivity index (χ1) is 17.0. The Kier molecular flexibility index (Phi) is 6.39. The zero-order valence-electron chi connectivity index (χ0n) is 19.8. The molecule has 1 fully saturated rings. The SMILES string of the molecule is CCn1cc2ncc(N[C@@H](C)c3cc(NC(=O)Cc4ccc(C5CCC5)cn4)ccc3F)nc2n1. The minimum atomic E-state index is -0.410. The molecular formula is C26H28FN7O. The molecule has 35 heavy (non-hydrogen) atoms. The largest absolute Gasteiger partial charge is 0.362 e. The molecule has 4 aromatic rings. The minimum Gasteiger partial charge on any atom is -0.362 e. The topological polar surface area (TPSA) is 97.6 Å². The van der Waals surface area contributed by atoms with Crippen LogP contribution < -0.4 is 10.6 Å². The minimum absolute atomic E-state index is 0.158. The van der Waals surface area contributed by atoms with E-state index >= 15 is 0 Å². The van der Waals surface area contributed by atoms with Gasteiger partial charge in [-0.25, -0.2) is 14.4 Å². The molecule has 1 aliphatic carbocycles. The first kappa shape index (κ1) is 22.9. The Morgan fingerprint density at radius 2 is 2.06 bits per heavy atom. The zero-order chi connectivity index (χ0) is 24.4. The van der Waals surface area contributed by atoms with E-state index in [-0.39, 0.29) is 18.1 Å². The van der Waals surface area contributed by atoms with Crippen LogP contribution in [0.3, 0.4) is 0 Å². The molecule has 9 heteroatoms. The number of hydrogen-bond donors (Lipinski definition) is 2. The van der Waals surface area contributed by atoms with E-state index in [2.05, 4.69) is 36.8 Å². The first-order valence-corrected chi connectivity index (χ1v) is 12.0. The summed E-state index contributed by atoms with van der Waals surface area (Å²) in [4.78, 5) is 25.9. The molecule has 3 heterocycles. The Hall–Kier alpha value is -3.88. The summed E-state index contributed by atoms with van der Waals surface area (Å²) in [5.41, 5.74) is 4.11. The van der Waals surface area contributed by atoms with Gasteiger partial charge >= 0.3 is 0 Å². The number of amides is 1. The van der Waals surface area contributed by atoms with Crippen LogP contribution in [0.1, 0.15) is 61.9 Å². The molecule has 1 amide bonds. The monoisotopic (exact) mass is 473 g/mol. The van der Waals surface area contributed by atoms with E-state index in [1.807, 2.05) is 32.3 Å². The van der Waals surface area contributed by atoms with Crippen LogP contribution in [0.15, 0.2) is 48.9 Å². The fraction of sp³-hybridized carbons (Fsp3) is 0.346. The lowest BCUT2D eigenvalue weighted by Crippen LogP contribution is -2.17. The van der Waals surface area contributed by atoms with E-state index in [0.29, 0.717) is 39.8 Å². The summed E-state index contributed by atoms with van der Waals surface area (Å²) < 4.78 is 16.4. The molecule has 1 atom stereocenters. The van der Waals surface area contributed by atoms with E-state index in [1.165, 1.54) is 30.9 Å². The second-order valence-electron chi connectivity index (χ2n) is 8.99. The van der Waals surface area contributed by atoms with Gasteiger partial charge in [-0.1, -0.05) is 12.5 Å². The number of halogens is 1. The van der Waals surface area contributed by atoms with Gasteiger partial charge in [-0.05, 0) is 62.4 Å². The van der Waals surface area contributed by atoms with Gasteiger partial charge in [-0.2, -0.15) is 5.10 Å². The average molecular weight is 474 g/mol. The van der Waals surface area contributed by atoms with Gasteiger partial charge in [0.25, 0.3) is 0 Å². The fourth-order valence-corrected chi connectivity index (χ4v) is 4.22. The van der Waals surface area contributed by atoms with Crippen molar-refractivity contribution >= 4 is 28.6 Å². The van der Waals surface area contributed by atoms with E-state index in [9.17, 15) is 9.18 Å². The smallest absolute Gasteiger partial charge is 0.230 e. The van der Waals surface area contributed by atoms with Gasteiger partial charge in [0, 0.05) is 29.7 Å². The number of benzene rings is 1. The van der Waals surface area contributed by atoms with E-state index in [1.54, 1.807) is 23.0 Å². The van der Waals surface area contributed by atoms with Crippen molar-refractivity contribution in [3.63, 3.8) is 0 Å². The standard InChI is InChI=1S/C26H28FN7O/c1-3-34-15-23-26(33-34)32-24(14-29-23)30-16(2)21-11-20(9-10-22(21)27)31-25(35)12-19-8-7-18(13-28-19)17-5-4-6-17/h7-11,13-17H,3-6,12H2,1-2H3,(H,31,35)(H,30,32,33)/t16-/m0/s1. The lowest BCUT2D eigenvalue weighted by molar-refractivity contribution is -0.115. The van der Waals surface area contributed by atoms with Gasteiger partial charge in [0.15, 0.2) is 0 Å². The number of aryl methyl sites for hydroxylation is 1. The second kappa shape index (κ2) is 9.77. The Bertz CT molecular complexity index is 1350. The van der Waals surface area contributed by atoms with Gasteiger partial charge in [0.1, 0.15) is 17.2 Å². The summed E-state index contributed by atoms with van der Waals surface area (Å²) in [5, 5.41) is 10.4. The molecule has 0 aliphatic heterocycles. The molecule has 2 N–H and O–H groups in total. The zero-order valence-corrected chi connectivity index (χ0v) is 19.8. The Balaban J connectivity index is 1.24. The summed E-state index contributed by atoms with van der Waals surface area (Å²) in [7, 11) is 0. The predicted octanol–water partition coefficient (Wildman–Crippen LogP) is 5.00. The molecule has 3 aromatic heterocycles. The number of fused-ring (bicyclic) bond motifs is 1. The van der Waals surface area contributed by atoms with Crippen molar-refractivity contribution in [2.45, 2.75) is 58.0 Å². The van der Waals surface area contributed by atoms with Crippen LogP contribution in [0.4, 0.5) is 15.9 Å². The lowest BCUT2D eigenvalue weighted by atomic mass is 9.81. The number of nitrogens with one attached hydrogen (secondary N) is 2. The normalized spacial score (nSPS) is 14.5. The van der Waals surface area contributed by atoms with Crippen molar-refractivity contribution in [2.24, 2.45) is 0 Å². The summed E-state index contributed by atoms with van der Waals surface area (Å²) in [6.07, 6.45) is 9.18. The van der Waals surface area contributed by atoms with Crippen molar-refractivity contribution < 1.29 is 9.18 Å². The fourth-order valence-electron chi connectivity index (χ4n) is 4.22. The molecule has 5 rings (SSSR count). The summed E-state index contributed by atoms with van der Waals surface area (Å²) in [6.45, 7) is 4.54. The van der Waals surface area contributed by atoms with Crippen molar-refractivity contribution in [3.05, 3.63) is 71.6 Å². The number of carbonyl (C=O) groups excluding carboxylic acids is 1. The van der Waals surface area contributed by atoms with Crippen LogP contribution in [0.5, 0.6) is 0 Å². The van der Waals surface area contributed by atoms with Gasteiger partial charge in [-0.3, -0.25) is 14.5 Å². The van der Waals surface area contributed by atoms with Crippen LogP contribution >= 0.6 is 0 Å². The summed E-state index contributed by atoms with van der Waals surface area (Å²) in [5.74, 6) is 0.534. The molecule has 8 nitrogen and oxygen atoms in total. The summed E-state index contributed by atoms with van der Waals surface area (Å²) in [6, 6.07) is 8.11. The molecule has 180 valence electrons. The third kappa shape index (κ3) is 5.13. The number of hydrogen-bond acceptors (Lipinski definition) is 6. The second-order valence-corrected chi connectivity index (χ2v) is 8.99. The Morgan fingerprint density at radius 1 is 1.20 bits per heavy atom. The van der Waals surface area contributed by atoms with Crippen molar-refractivity contribution in [3.8, 4) is 0 Å². The third-order valence-electron chi connectivity index (χ3n) is 6.48. The van der Waals surface area contributed by atoms with Crippen molar-refractivity contribution in [1.29, 1.82) is 0 Å². The molecule has 1 aromatic carbocycles. The molecular weight excluding hydrogens is 445 g/mol. The van der Waals surface area contributed by atoms with Crippen LogP contribution in [-0.4, -0.2) is 30.6 Å². The highest BCUT2D eigenvalue weighted by Crippen LogP contribution is 2.35. The molecule has 0 saturated heterocycles. The maximum absolute atomic E-state index is 14.6. The van der Waals surface area contributed by atoms with Crippen LogP contribution in [-0.2, 0) is 17.8 Å². The highest BCUT2D eigenvalue weighted by molar-refractivity contribution is 5.92. The van der Waals surface area contributed by atoms with E-state index in [0.717, 1.165) is 6.54 Å². The molecule has 0 spiro atoms. The number of pyridine rings is 1. The number of carbonyl (C=O) groups is 1. The highest BCUT2D eigenvalue weighted by atomic mass is 19.1. The third-order valence-corrected chi connectivity index (χ3v) is 6.48. The summed E-state index contributed by atoms with van der Waals surface area (Å²) >= 11 is 0. The molecule has 0 unspecified atom stereocenters. The van der Waals surface area contributed by atoms with Crippen LogP contribution in [0.2, 0.25) is 0 Å². The van der Waals surface area contributed by atoms with Gasteiger partial charge in [0.05, 0.1) is 24.9 Å². The van der Waals surface area contributed by atoms with E-state index < -0.39 is 6.04 Å². The lowest BCUT2D eigenvalue weighted by Gasteiger charge is -2.25. The van der Waals surface area contributed by atoms with Crippen LogP contribution in [0.25, 0.3) is 11.2 Å². The van der Waals surface area contributed by atoms with Gasteiger partial charge in [0.2, 0.25) is 11.6 Å². The Labute approximate surface area is 203 Å². The number of anilines is 2. The van der Waals surface area contributed by atoms with Gasteiger partial charge in [-0.15, -0.1) is 0 Å². The Morgan fingerprint density at radius 3 is 2.77 bits per heavy atom. The maximum atomic E-state index is 14.6. The van der Waals surface area contributed by atoms with E-state index in [4.69, 9.17) is 0 Å². The average Bonchev–Trinajstić information content (AvgIpc) is 3.23. The van der Waals surface area contributed by atoms with Gasteiger partial charge < -0.3 is 10.6 Å². The number of aromatic nitrogens is 5.